The third-order valence-electron chi connectivity index (χ3n) is 1.61. The van der Waals surface area contributed by atoms with Crippen LogP contribution in [0.4, 0.5) is 4.39 Å². The lowest BCUT2D eigenvalue weighted by Gasteiger charge is -2.06. The van der Waals surface area contributed by atoms with Crippen LogP contribution in [0.2, 0.25) is 0 Å². The molecular weight excluding hydrogens is 177 g/mol. The van der Waals surface area contributed by atoms with Crippen molar-refractivity contribution in [3.05, 3.63) is 23.5 Å². The molecule has 13 heavy (non-hydrogen) atoms. The first kappa shape index (κ1) is 9.76. The lowest BCUT2D eigenvalue weighted by atomic mass is 10.2. The van der Waals surface area contributed by atoms with E-state index in [2.05, 4.69) is 4.84 Å². The number of phenols is 1. The Kier molecular flexibility index (Phi) is 3.05. The predicted octanol–water partition coefficient (Wildman–Crippen LogP) is 0.930. The monoisotopic (exact) mass is 187 g/mol. The van der Waals surface area contributed by atoms with Gasteiger partial charge in [-0.25, -0.2) is 10.3 Å². The summed E-state index contributed by atoms with van der Waals surface area (Å²) in [4.78, 5) is 4.22. The van der Waals surface area contributed by atoms with Crippen molar-refractivity contribution in [2.45, 2.75) is 6.61 Å². The average molecular weight is 187 g/mol. The summed E-state index contributed by atoms with van der Waals surface area (Å²) in [6.07, 6.45) is 0. The van der Waals surface area contributed by atoms with Crippen molar-refractivity contribution >= 4 is 0 Å². The SMILES string of the molecule is COc1cc(O)c(CON)c(F)c1. The van der Waals surface area contributed by atoms with E-state index in [0.717, 1.165) is 6.07 Å². The number of ether oxygens (including phenoxy) is 1. The summed E-state index contributed by atoms with van der Waals surface area (Å²) in [5.74, 6) is 4.16. The van der Waals surface area contributed by atoms with Gasteiger partial charge in [-0.1, -0.05) is 0 Å². The van der Waals surface area contributed by atoms with Crippen molar-refractivity contribution in [3.63, 3.8) is 0 Å². The summed E-state index contributed by atoms with van der Waals surface area (Å²) in [6, 6.07) is 2.44. The maximum Gasteiger partial charge on any atom is 0.136 e. The second kappa shape index (κ2) is 4.06. The molecule has 1 rings (SSSR count). The molecule has 0 saturated heterocycles. The molecule has 1 aromatic rings. The minimum absolute atomic E-state index is 0.0169. The summed E-state index contributed by atoms with van der Waals surface area (Å²) in [5, 5.41) is 9.28. The van der Waals surface area contributed by atoms with E-state index in [1.165, 1.54) is 13.2 Å². The maximum absolute atomic E-state index is 13.1. The van der Waals surface area contributed by atoms with Gasteiger partial charge in [0.25, 0.3) is 0 Å². The van der Waals surface area contributed by atoms with Crippen molar-refractivity contribution < 1.29 is 19.1 Å². The number of nitrogens with two attached hydrogens (primary N) is 1. The highest BCUT2D eigenvalue weighted by Gasteiger charge is 2.10. The van der Waals surface area contributed by atoms with Crippen LogP contribution < -0.4 is 10.6 Å². The molecule has 5 heteroatoms. The Labute approximate surface area is 74.6 Å². The quantitative estimate of drug-likeness (QED) is 0.691. The number of hydrogen-bond acceptors (Lipinski definition) is 4. The first-order valence-electron chi connectivity index (χ1n) is 3.56. The van der Waals surface area contributed by atoms with E-state index in [9.17, 15) is 9.50 Å². The van der Waals surface area contributed by atoms with Crippen LogP contribution in [0.3, 0.4) is 0 Å². The fourth-order valence-electron chi connectivity index (χ4n) is 0.942. The van der Waals surface area contributed by atoms with Crippen LogP contribution in [0.5, 0.6) is 11.5 Å². The molecule has 0 aliphatic heterocycles. The summed E-state index contributed by atoms with van der Waals surface area (Å²) in [5.41, 5.74) is 0.0169. The molecule has 0 atom stereocenters. The topological polar surface area (TPSA) is 64.7 Å². The number of halogens is 1. The Morgan fingerprint density at radius 3 is 2.69 bits per heavy atom. The molecule has 0 bridgehead atoms. The molecule has 0 fully saturated rings. The average Bonchev–Trinajstić information content (AvgIpc) is 2.11. The second-order valence-electron chi connectivity index (χ2n) is 2.42. The molecule has 0 unspecified atom stereocenters. The third kappa shape index (κ3) is 2.07. The molecular formula is C8H10FNO3. The van der Waals surface area contributed by atoms with E-state index in [1.807, 2.05) is 0 Å². The highest BCUT2D eigenvalue weighted by Crippen LogP contribution is 2.26. The van der Waals surface area contributed by atoms with Gasteiger partial charge < -0.3 is 9.84 Å². The zero-order chi connectivity index (χ0) is 9.84. The summed E-state index contributed by atoms with van der Waals surface area (Å²) in [7, 11) is 1.38. The van der Waals surface area contributed by atoms with Gasteiger partial charge in [0.15, 0.2) is 0 Å². The lowest BCUT2D eigenvalue weighted by molar-refractivity contribution is 0.119. The van der Waals surface area contributed by atoms with Crippen LogP contribution in [0.1, 0.15) is 5.56 Å². The van der Waals surface area contributed by atoms with Gasteiger partial charge in [-0.05, 0) is 0 Å². The van der Waals surface area contributed by atoms with Crippen molar-refractivity contribution in [2.24, 2.45) is 5.90 Å². The fraction of sp³-hybridized carbons (Fsp3) is 0.250. The van der Waals surface area contributed by atoms with E-state index in [1.54, 1.807) is 0 Å². The van der Waals surface area contributed by atoms with E-state index in [0.29, 0.717) is 0 Å². The standard InChI is InChI=1S/C8H10FNO3/c1-12-5-2-7(9)6(4-13-10)8(11)3-5/h2-3,11H,4,10H2,1H3. The molecule has 1 aromatic carbocycles. The zero-order valence-corrected chi connectivity index (χ0v) is 7.08. The Balaban J connectivity index is 3.07. The molecule has 0 aromatic heterocycles. The minimum Gasteiger partial charge on any atom is -0.507 e. The Morgan fingerprint density at radius 1 is 1.54 bits per heavy atom. The number of rotatable bonds is 3. The normalized spacial score (nSPS) is 10.1. The smallest absolute Gasteiger partial charge is 0.136 e. The second-order valence-corrected chi connectivity index (χ2v) is 2.42. The van der Waals surface area contributed by atoms with E-state index in [-0.39, 0.29) is 23.7 Å². The summed E-state index contributed by atoms with van der Waals surface area (Å²) in [6.45, 7) is -0.179. The van der Waals surface area contributed by atoms with E-state index < -0.39 is 5.82 Å². The summed E-state index contributed by atoms with van der Waals surface area (Å²) >= 11 is 0. The predicted molar refractivity (Wildman–Crippen MR) is 43.6 cm³/mol. The van der Waals surface area contributed by atoms with Crippen LogP contribution in [0.25, 0.3) is 0 Å². The molecule has 3 N–H and O–H groups in total. The molecule has 0 aliphatic carbocycles. The van der Waals surface area contributed by atoms with Crippen LogP contribution in [0, 0.1) is 5.82 Å². The van der Waals surface area contributed by atoms with Crippen LogP contribution in [-0.2, 0) is 11.4 Å². The van der Waals surface area contributed by atoms with Crippen molar-refractivity contribution in [2.75, 3.05) is 7.11 Å². The Bertz CT molecular complexity index is 280. The van der Waals surface area contributed by atoms with Gasteiger partial charge in [0.05, 0.1) is 19.3 Å². The highest BCUT2D eigenvalue weighted by molar-refractivity contribution is 5.40. The molecule has 0 amide bonds. The highest BCUT2D eigenvalue weighted by atomic mass is 19.1. The molecule has 0 aliphatic rings. The minimum atomic E-state index is -0.609. The third-order valence-corrected chi connectivity index (χ3v) is 1.61. The van der Waals surface area contributed by atoms with E-state index >= 15 is 0 Å². The number of methoxy groups -OCH3 is 1. The molecule has 0 heterocycles. The first-order chi connectivity index (χ1) is 6.19. The van der Waals surface area contributed by atoms with Gasteiger partial charge in [0, 0.05) is 12.1 Å². The molecule has 72 valence electrons. The molecule has 0 radical (unpaired) electrons. The zero-order valence-electron chi connectivity index (χ0n) is 7.08. The van der Waals surface area contributed by atoms with Crippen molar-refractivity contribution in [3.8, 4) is 11.5 Å². The Hall–Kier alpha value is -1.33. The van der Waals surface area contributed by atoms with Gasteiger partial charge in [0.1, 0.15) is 17.3 Å². The van der Waals surface area contributed by atoms with E-state index in [4.69, 9.17) is 10.6 Å². The Morgan fingerprint density at radius 2 is 2.23 bits per heavy atom. The molecule has 0 spiro atoms. The fourth-order valence-corrected chi connectivity index (χ4v) is 0.942. The first-order valence-corrected chi connectivity index (χ1v) is 3.56. The van der Waals surface area contributed by atoms with Gasteiger partial charge in [-0.3, -0.25) is 4.84 Å². The maximum atomic E-state index is 13.1. The van der Waals surface area contributed by atoms with Crippen LogP contribution in [-0.4, -0.2) is 12.2 Å². The number of hydrogen-bond donors (Lipinski definition) is 2. The number of benzene rings is 1. The van der Waals surface area contributed by atoms with Crippen molar-refractivity contribution in [1.82, 2.24) is 0 Å². The number of phenolic OH excluding ortho intramolecular Hbond substituents is 1. The molecule has 4 nitrogen and oxygen atoms in total. The molecule has 0 saturated carbocycles. The van der Waals surface area contributed by atoms with Gasteiger partial charge in [-0.2, -0.15) is 0 Å². The van der Waals surface area contributed by atoms with Crippen LogP contribution >= 0.6 is 0 Å². The number of aromatic hydroxyl groups is 1. The largest absolute Gasteiger partial charge is 0.507 e. The lowest BCUT2D eigenvalue weighted by Crippen LogP contribution is -2.02. The van der Waals surface area contributed by atoms with Gasteiger partial charge in [0.2, 0.25) is 0 Å². The summed E-state index contributed by atoms with van der Waals surface area (Å²) < 4.78 is 17.8. The van der Waals surface area contributed by atoms with Gasteiger partial charge >= 0.3 is 0 Å². The van der Waals surface area contributed by atoms with Crippen molar-refractivity contribution in [1.29, 1.82) is 0 Å². The van der Waals surface area contributed by atoms with Gasteiger partial charge in [-0.15, -0.1) is 0 Å². The van der Waals surface area contributed by atoms with Crippen LogP contribution in [0.15, 0.2) is 12.1 Å².